The maximum absolute atomic E-state index is 12.5. The summed E-state index contributed by atoms with van der Waals surface area (Å²) in [6.45, 7) is 7.65. The van der Waals surface area contributed by atoms with E-state index in [2.05, 4.69) is 26.0 Å². The fourth-order valence-corrected chi connectivity index (χ4v) is 5.31. The second-order valence-electron chi connectivity index (χ2n) is 10.6. The summed E-state index contributed by atoms with van der Waals surface area (Å²) in [4.78, 5) is 15.2. The minimum absolute atomic E-state index is 0.175. The van der Waals surface area contributed by atoms with Gasteiger partial charge in [-0.05, 0) is 94.0 Å². The van der Waals surface area contributed by atoms with Gasteiger partial charge in [-0.25, -0.2) is 4.79 Å². The third kappa shape index (κ3) is 4.10. The molecule has 5 nitrogen and oxygen atoms in total. The second-order valence-corrected chi connectivity index (χ2v) is 10.6. The van der Waals surface area contributed by atoms with E-state index in [1.807, 2.05) is 44.2 Å². The summed E-state index contributed by atoms with van der Waals surface area (Å²) < 4.78 is 54.0. The molecule has 5 rings (SSSR count). The molecule has 1 aliphatic rings. The van der Waals surface area contributed by atoms with Crippen molar-refractivity contribution in [3.05, 3.63) is 87.4 Å². The molecule has 1 aromatic heterocycles. The van der Waals surface area contributed by atoms with Crippen LogP contribution in [0.1, 0.15) is 62.8 Å². The van der Waals surface area contributed by atoms with Crippen LogP contribution in [0.25, 0.3) is 22.2 Å². The number of piperazine rings is 1. The van der Waals surface area contributed by atoms with Crippen LogP contribution >= 0.6 is 0 Å². The van der Waals surface area contributed by atoms with E-state index in [1.54, 1.807) is 40.0 Å². The highest BCUT2D eigenvalue weighted by atomic mass is 16.4. The van der Waals surface area contributed by atoms with Crippen molar-refractivity contribution in [1.29, 1.82) is 0 Å². The Labute approximate surface area is 227 Å². The van der Waals surface area contributed by atoms with Crippen LogP contribution in [0.3, 0.4) is 0 Å². The van der Waals surface area contributed by atoms with Crippen LogP contribution in [0.4, 0.5) is 5.69 Å². The van der Waals surface area contributed by atoms with E-state index in [0.29, 0.717) is 5.52 Å². The Morgan fingerprint density at radius 1 is 1.05 bits per heavy atom. The third-order valence-corrected chi connectivity index (χ3v) is 8.11. The van der Waals surface area contributed by atoms with Crippen LogP contribution in [0.2, 0.25) is 0 Å². The van der Waals surface area contributed by atoms with Crippen molar-refractivity contribution >= 4 is 16.8 Å². The summed E-state index contributed by atoms with van der Waals surface area (Å²) in [6.07, 6.45) is 0. The van der Waals surface area contributed by atoms with E-state index < -0.39 is 36.3 Å². The first kappa shape index (κ1) is 19.8. The molecule has 37 heavy (non-hydrogen) atoms. The highest BCUT2D eigenvalue weighted by Gasteiger charge is 2.43. The summed E-state index contributed by atoms with van der Waals surface area (Å²) in [5, 5.41) is 0. The number of anilines is 1. The van der Waals surface area contributed by atoms with E-state index in [1.165, 1.54) is 19.9 Å². The first-order valence-electron chi connectivity index (χ1n) is 15.2. The van der Waals surface area contributed by atoms with Gasteiger partial charge in [0.05, 0.1) is 13.9 Å². The fraction of sp³-hybridized carbons (Fsp3) is 0.406. The highest BCUT2D eigenvalue weighted by molar-refractivity contribution is 5.90. The SMILES string of the molecule is [2H]C1([2H])N(C(C)c2cccc(-c3cccc(C)c3C)c2)C([2H])(C)C(C)(C)N(c2ccc(C)c3c2oc(=O)n3C)C1([2H])[2H]. The molecule has 2 unspecified atom stereocenters. The molecule has 0 spiro atoms. The first-order valence-corrected chi connectivity index (χ1v) is 12.7. The van der Waals surface area contributed by atoms with E-state index in [9.17, 15) is 11.6 Å². The molecule has 0 N–H and O–H groups in total. The number of aryl methyl sites for hydroxylation is 3. The monoisotopic (exact) mass is 502 g/mol. The van der Waals surface area contributed by atoms with E-state index in [4.69, 9.17) is 4.42 Å². The quantitative estimate of drug-likeness (QED) is 0.309. The van der Waals surface area contributed by atoms with Crippen molar-refractivity contribution < 1.29 is 11.3 Å². The second kappa shape index (κ2) is 9.21. The molecule has 0 radical (unpaired) electrons. The van der Waals surface area contributed by atoms with Gasteiger partial charge in [0.15, 0.2) is 5.58 Å². The highest BCUT2D eigenvalue weighted by Crippen LogP contribution is 2.40. The van der Waals surface area contributed by atoms with Crippen LogP contribution < -0.4 is 10.7 Å². The molecular weight excluding hydrogens is 458 g/mol. The van der Waals surface area contributed by atoms with Gasteiger partial charge < -0.3 is 9.32 Å². The summed E-state index contributed by atoms with van der Waals surface area (Å²) in [5.74, 6) is -0.591. The van der Waals surface area contributed by atoms with Crippen molar-refractivity contribution in [1.82, 2.24) is 9.47 Å². The summed E-state index contributed by atoms with van der Waals surface area (Å²) in [6, 6.07) is 15.1. The molecule has 2 heterocycles. The zero-order valence-corrected chi connectivity index (χ0v) is 22.9. The molecular formula is C32H39N3O2. The number of rotatable bonds is 4. The maximum atomic E-state index is 12.5. The molecule has 0 aliphatic carbocycles. The Morgan fingerprint density at radius 2 is 1.78 bits per heavy atom. The van der Waals surface area contributed by atoms with E-state index in [-0.39, 0.29) is 11.3 Å². The molecule has 1 fully saturated rings. The van der Waals surface area contributed by atoms with Gasteiger partial charge >= 0.3 is 5.76 Å². The lowest BCUT2D eigenvalue weighted by Gasteiger charge is -2.54. The molecule has 5 heteroatoms. The Bertz CT molecular complexity index is 1730. The summed E-state index contributed by atoms with van der Waals surface area (Å²) >= 11 is 0. The topological polar surface area (TPSA) is 41.6 Å². The number of hydrogen-bond acceptors (Lipinski definition) is 4. The number of hydrogen-bond donors (Lipinski definition) is 0. The van der Waals surface area contributed by atoms with Gasteiger partial charge in [0.25, 0.3) is 0 Å². The van der Waals surface area contributed by atoms with E-state index >= 15 is 0 Å². The third-order valence-electron chi connectivity index (χ3n) is 8.11. The standard InChI is InChI=1S/C32H39N3O2/c1-20-11-9-14-27(22(20)3)26-13-10-12-25(19-26)23(4)34-17-18-35(32(6,7)24(34)5)28-16-15-21(2)29-30(28)37-31(36)33(29)8/h9-16,19,23-24H,17-18H2,1-8H3/i17D2,18D2,24D. The number of benzene rings is 3. The van der Waals surface area contributed by atoms with Crippen molar-refractivity contribution in [2.75, 3.05) is 17.9 Å². The number of oxazole rings is 1. The van der Waals surface area contributed by atoms with Crippen LogP contribution in [0, 0.1) is 20.8 Å². The average Bonchev–Trinajstić information content (AvgIpc) is 3.20. The van der Waals surface area contributed by atoms with Gasteiger partial charge in [-0.2, -0.15) is 0 Å². The molecule has 0 bridgehead atoms. The van der Waals surface area contributed by atoms with E-state index in [0.717, 1.165) is 27.8 Å². The number of fused-ring (bicyclic) bond motifs is 1. The zero-order valence-electron chi connectivity index (χ0n) is 27.9. The molecule has 1 saturated heterocycles. The van der Waals surface area contributed by atoms with Gasteiger partial charge in [-0.1, -0.05) is 42.5 Å². The number of nitrogens with zero attached hydrogens (tertiary/aromatic N) is 3. The smallest absolute Gasteiger partial charge is 0.405 e. The lowest BCUT2D eigenvalue weighted by molar-refractivity contribution is 0.0747. The Balaban J connectivity index is 1.67. The fourth-order valence-electron chi connectivity index (χ4n) is 5.31. The van der Waals surface area contributed by atoms with Gasteiger partial charge in [0.1, 0.15) is 0 Å². The predicted molar refractivity (Wildman–Crippen MR) is 154 cm³/mol. The van der Waals surface area contributed by atoms with Gasteiger partial charge in [-0.15, -0.1) is 0 Å². The van der Waals surface area contributed by atoms with Crippen LogP contribution in [-0.4, -0.2) is 34.0 Å². The van der Waals surface area contributed by atoms with Gasteiger partial charge in [0.2, 0.25) is 0 Å². The van der Waals surface area contributed by atoms with Crippen molar-refractivity contribution in [3.8, 4) is 11.1 Å². The molecule has 3 aromatic carbocycles. The lowest BCUT2D eigenvalue weighted by Crippen LogP contribution is -2.65. The van der Waals surface area contributed by atoms with Crippen LogP contribution in [0.5, 0.6) is 0 Å². The molecule has 194 valence electrons. The Kier molecular flexibility index (Phi) is 4.92. The van der Waals surface area contributed by atoms with Crippen molar-refractivity contribution in [3.63, 3.8) is 0 Å². The molecule has 2 atom stereocenters. The predicted octanol–water partition coefficient (Wildman–Crippen LogP) is 6.77. The zero-order chi connectivity index (χ0) is 31.2. The van der Waals surface area contributed by atoms with Gasteiger partial charge in [-0.3, -0.25) is 9.47 Å². The maximum Gasteiger partial charge on any atom is 0.419 e. The molecule has 0 amide bonds. The van der Waals surface area contributed by atoms with Gasteiger partial charge in [0, 0.05) is 41.8 Å². The minimum atomic E-state index is -2.64. The summed E-state index contributed by atoms with van der Waals surface area (Å²) in [5.41, 5.74) is 5.56. The molecule has 4 aromatic rings. The normalized spacial score (nSPS) is 25.6. The average molecular weight is 503 g/mol. The first-order chi connectivity index (χ1) is 19.4. The Hall–Kier alpha value is -3.31. The largest absolute Gasteiger partial charge is 0.419 e. The minimum Gasteiger partial charge on any atom is -0.405 e. The lowest BCUT2D eigenvalue weighted by atomic mass is 9.86. The number of aromatic nitrogens is 1. The molecule has 0 saturated carbocycles. The molecule has 1 aliphatic heterocycles. The van der Waals surface area contributed by atoms with Crippen LogP contribution in [-0.2, 0) is 7.05 Å². The Morgan fingerprint density at radius 3 is 2.54 bits per heavy atom. The summed E-state index contributed by atoms with van der Waals surface area (Å²) in [7, 11) is 1.59. The van der Waals surface area contributed by atoms with Crippen molar-refractivity contribution in [2.45, 2.75) is 66.1 Å². The van der Waals surface area contributed by atoms with Crippen molar-refractivity contribution in [2.24, 2.45) is 7.05 Å². The van der Waals surface area contributed by atoms with Crippen LogP contribution in [0.15, 0.2) is 63.8 Å².